The number of aliphatic hydroxyl groups is 1. The first-order valence-corrected chi connectivity index (χ1v) is 7.43. The third-order valence-corrected chi connectivity index (χ3v) is 3.46. The van der Waals surface area contributed by atoms with E-state index in [1.54, 1.807) is 24.3 Å². The van der Waals surface area contributed by atoms with Crippen LogP contribution < -0.4 is 10.6 Å². The van der Waals surface area contributed by atoms with Crippen molar-refractivity contribution in [3.8, 4) is 0 Å². The lowest BCUT2D eigenvalue weighted by atomic mass is 9.92. The predicted octanol–water partition coefficient (Wildman–Crippen LogP) is 3.02. The van der Waals surface area contributed by atoms with Crippen LogP contribution in [0.5, 0.6) is 0 Å². The number of amides is 2. The van der Waals surface area contributed by atoms with E-state index in [1.807, 2.05) is 6.07 Å². The van der Waals surface area contributed by atoms with Gasteiger partial charge in [0.25, 0.3) is 0 Å². The number of carbonyl (C=O) groups excluding carboxylic acids is 2. The molecule has 24 heavy (non-hydrogen) atoms. The number of hydrogen-bond acceptors (Lipinski definition) is 3. The molecule has 0 aliphatic heterocycles. The lowest BCUT2D eigenvalue weighted by Gasteiger charge is -2.23. The van der Waals surface area contributed by atoms with Crippen molar-refractivity contribution in [1.29, 1.82) is 0 Å². The maximum absolute atomic E-state index is 13.8. The second kappa shape index (κ2) is 7.23. The maximum atomic E-state index is 13.8. The standard InChI is InChI=1S/C18H19FN2O3/c1-12(22)20-14-8-9-15(19)16(10-14)21-17(23)11-18(2,24)13-6-4-3-5-7-13/h3-10,24H,11H2,1-2H3,(H,20,22)(H,21,23). The Labute approximate surface area is 139 Å². The first-order valence-electron chi connectivity index (χ1n) is 7.43. The van der Waals surface area contributed by atoms with Crippen molar-refractivity contribution in [3.63, 3.8) is 0 Å². The lowest BCUT2D eigenvalue weighted by molar-refractivity contribution is -0.120. The van der Waals surface area contributed by atoms with Gasteiger partial charge in [0, 0.05) is 12.6 Å². The molecule has 0 aromatic heterocycles. The van der Waals surface area contributed by atoms with E-state index in [0.29, 0.717) is 11.3 Å². The Balaban J connectivity index is 2.11. The number of carbonyl (C=O) groups is 2. The molecule has 0 aliphatic carbocycles. The third kappa shape index (κ3) is 4.63. The molecule has 5 nitrogen and oxygen atoms in total. The van der Waals surface area contributed by atoms with Crippen LogP contribution in [0.25, 0.3) is 0 Å². The van der Waals surface area contributed by atoms with E-state index in [9.17, 15) is 19.1 Å². The van der Waals surface area contributed by atoms with Crippen LogP contribution in [-0.2, 0) is 15.2 Å². The maximum Gasteiger partial charge on any atom is 0.227 e. The second-order valence-electron chi connectivity index (χ2n) is 5.74. The zero-order chi connectivity index (χ0) is 17.7. The van der Waals surface area contributed by atoms with E-state index in [-0.39, 0.29) is 18.0 Å². The average Bonchev–Trinajstić information content (AvgIpc) is 2.50. The van der Waals surface area contributed by atoms with Gasteiger partial charge in [-0.15, -0.1) is 0 Å². The Hall–Kier alpha value is -2.73. The van der Waals surface area contributed by atoms with Gasteiger partial charge in [-0.1, -0.05) is 30.3 Å². The molecule has 0 spiro atoms. The van der Waals surface area contributed by atoms with Crippen LogP contribution >= 0.6 is 0 Å². The molecule has 6 heteroatoms. The summed E-state index contributed by atoms with van der Waals surface area (Å²) in [6.45, 7) is 2.85. The summed E-state index contributed by atoms with van der Waals surface area (Å²) in [6, 6.07) is 12.6. The highest BCUT2D eigenvalue weighted by molar-refractivity contribution is 5.93. The van der Waals surface area contributed by atoms with Crippen LogP contribution in [0.2, 0.25) is 0 Å². The van der Waals surface area contributed by atoms with Gasteiger partial charge in [0.2, 0.25) is 11.8 Å². The van der Waals surface area contributed by atoms with Gasteiger partial charge < -0.3 is 15.7 Å². The minimum Gasteiger partial charge on any atom is -0.385 e. The summed E-state index contributed by atoms with van der Waals surface area (Å²) in [6.07, 6.45) is -0.235. The molecular formula is C18H19FN2O3. The van der Waals surface area contributed by atoms with Crippen LogP contribution in [-0.4, -0.2) is 16.9 Å². The number of nitrogens with one attached hydrogen (secondary N) is 2. The monoisotopic (exact) mass is 330 g/mol. The molecule has 0 saturated carbocycles. The first kappa shape index (κ1) is 17.6. The van der Waals surface area contributed by atoms with Crippen molar-refractivity contribution >= 4 is 23.2 Å². The molecule has 2 aromatic carbocycles. The van der Waals surface area contributed by atoms with Crippen molar-refractivity contribution in [2.45, 2.75) is 25.9 Å². The summed E-state index contributed by atoms with van der Waals surface area (Å²) >= 11 is 0. The van der Waals surface area contributed by atoms with Crippen LogP contribution in [0.15, 0.2) is 48.5 Å². The number of hydrogen-bond donors (Lipinski definition) is 3. The Morgan fingerprint density at radius 3 is 2.42 bits per heavy atom. The SMILES string of the molecule is CC(=O)Nc1ccc(F)c(NC(=O)CC(C)(O)c2ccccc2)c1. The van der Waals surface area contributed by atoms with E-state index in [0.717, 1.165) is 6.07 Å². The fraction of sp³-hybridized carbons (Fsp3) is 0.222. The van der Waals surface area contributed by atoms with Crippen molar-refractivity contribution in [2.75, 3.05) is 10.6 Å². The van der Waals surface area contributed by atoms with Crippen molar-refractivity contribution in [1.82, 2.24) is 0 Å². The van der Waals surface area contributed by atoms with Gasteiger partial charge in [0.15, 0.2) is 0 Å². The minimum atomic E-state index is -1.38. The van der Waals surface area contributed by atoms with Gasteiger partial charge in [-0.25, -0.2) is 4.39 Å². The van der Waals surface area contributed by atoms with Crippen molar-refractivity contribution in [3.05, 3.63) is 59.9 Å². The van der Waals surface area contributed by atoms with Crippen LogP contribution in [0.3, 0.4) is 0 Å². The van der Waals surface area contributed by atoms with Crippen LogP contribution in [0.1, 0.15) is 25.8 Å². The summed E-state index contributed by atoms with van der Waals surface area (Å²) in [7, 11) is 0. The molecule has 2 aromatic rings. The molecule has 0 aliphatic rings. The van der Waals surface area contributed by atoms with Gasteiger partial charge >= 0.3 is 0 Å². The molecule has 2 amide bonds. The van der Waals surface area contributed by atoms with E-state index in [1.165, 1.54) is 26.0 Å². The van der Waals surface area contributed by atoms with Crippen molar-refractivity contribution < 1.29 is 19.1 Å². The second-order valence-corrected chi connectivity index (χ2v) is 5.74. The van der Waals surface area contributed by atoms with E-state index < -0.39 is 17.3 Å². The van der Waals surface area contributed by atoms with E-state index in [2.05, 4.69) is 10.6 Å². The zero-order valence-electron chi connectivity index (χ0n) is 13.5. The summed E-state index contributed by atoms with van der Waals surface area (Å²) in [5, 5.41) is 15.4. The summed E-state index contributed by atoms with van der Waals surface area (Å²) in [4.78, 5) is 23.2. The third-order valence-electron chi connectivity index (χ3n) is 3.46. The van der Waals surface area contributed by atoms with Gasteiger partial charge in [-0.05, 0) is 30.7 Å². The average molecular weight is 330 g/mol. The summed E-state index contributed by atoms with van der Waals surface area (Å²) in [5.74, 6) is -1.47. The highest BCUT2D eigenvalue weighted by Crippen LogP contribution is 2.26. The summed E-state index contributed by atoms with van der Waals surface area (Å²) in [5.41, 5.74) is -0.478. The molecule has 3 N–H and O–H groups in total. The van der Waals surface area contributed by atoms with E-state index >= 15 is 0 Å². The lowest BCUT2D eigenvalue weighted by Crippen LogP contribution is -2.28. The number of halogens is 1. The van der Waals surface area contributed by atoms with E-state index in [4.69, 9.17) is 0 Å². The van der Waals surface area contributed by atoms with Gasteiger partial charge in [0.1, 0.15) is 5.82 Å². The Morgan fingerprint density at radius 1 is 1.12 bits per heavy atom. The largest absolute Gasteiger partial charge is 0.385 e. The predicted molar refractivity (Wildman–Crippen MR) is 90.0 cm³/mol. The number of benzene rings is 2. The first-order chi connectivity index (χ1) is 11.3. The molecule has 0 fully saturated rings. The smallest absolute Gasteiger partial charge is 0.227 e. The number of anilines is 2. The molecular weight excluding hydrogens is 311 g/mol. The van der Waals surface area contributed by atoms with Gasteiger partial charge in [-0.3, -0.25) is 9.59 Å². The molecule has 0 saturated heterocycles. The van der Waals surface area contributed by atoms with Crippen LogP contribution in [0.4, 0.5) is 15.8 Å². The van der Waals surface area contributed by atoms with Crippen molar-refractivity contribution in [2.24, 2.45) is 0 Å². The molecule has 0 heterocycles. The fourth-order valence-corrected chi connectivity index (χ4v) is 2.31. The zero-order valence-corrected chi connectivity index (χ0v) is 13.5. The van der Waals surface area contributed by atoms with Gasteiger partial charge in [-0.2, -0.15) is 0 Å². The molecule has 1 unspecified atom stereocenters. The Kier molecular flexibility index (Phi) is 5.31. The molecule has 0 bridgehead atoms. The van der Waals surface area contributed by atoms with Gasteiger partial charge in [0.05, 0.1) is 17.7 Å². The minimum absolute atomic E-state index is 0.0601. The highest BCUT2D eigenvalue weighted by Gasteiger charge is 2.26. The molecule has 126 valence electrons. The fourth-order valence-electron chi connectivity index (χ4n) is 2.31. The normalized spacial score (nSPS) is 13.0. The highest BCUT2D eigenvalue weighted by atomic mass is 19.1. The molecule has 2 rings (SSSR count). The molecule has 1 atom stereocenters. The summed E-state index contributed by atoms with van der Waals surface area (Å²) < 4.78 is 13.8. The Morgan fingerprint density at radius 2 is 1.79 bits per heavy atom. The quantitative estimate of drug-likeness (QED) is 0.788. The number of rotatable bonds is 5. The van der Waals surface area contributed by atoms with Crippen LogP contribution in [0, 0.1) is 5.82 Å². The molecule has 0 radical (unpaired) electrons. The Bertz CT molecular complexity index is 745. The topological polar surface area (TPSA) is 78.4 Å².